The van der Waals surface area contributed by atoms with Gasteiger partial charge in [-0.3, -0.25) is 24.1 Å². The molecule has 0 atom stereocenters. The summed E-state index contributed by atoms with van der Waals surface area (Å²) in [6.45, 7) is 17.2. The minimum atomic E-state index is -0.382. The summed E-state index contributed by atoms with van der Waals surface area (Å²) in [6, 6.07) is 29.1. The Hall–Kier alpha value is -8.46. The monoisotopic (exact) mass is 996 g/mol. The zero-order valence-corrected chi connectivity index (χ0v) is 42.4. The molecule has 2 aliphatic rings. The molecule has 10 rings (SSSR count). The number of phenolic OH excluding ortho intramolecular Hbond substituents is 1. The number of rotatable bonds is 9. The lowest BCUT2D eigenvalue weighted by Gasteiger charge is -2.21. The molecule has 0 bridgehead atoms. The van der Waals surface area contributed by atoms with E-state index in [9.17, 15) is 34.5 Å². The maximum atomic E-state index is 13.1. The van der Waals surface area contributed by atoms with Gasteiger partial charge in [0.05, 0.1) is 23.3 Å². The number of ketones is 1. The number of allylic oxidation sites excluding steroid dienone is 2. The number of phenols is 2. The first kappa shape index (κ1) is 51.9. The van der Waals surface area contributed by atoms with Crippen molar-refractivity contribution >= 4 is 74.2 Å². The Bertz CT molecular complexity index is 3440. The minimum Gasteiger partial charge on any atom is -0.508 e. The highest BCUT2D eigenvalue weighted by Crippen LogP contribution is 2.37. The molecular weight excluding hydrogens is 937 g/mol. The molecule has 14 nitrogen and oxygen atoms in total. The summed E-state index contributed by atoms with van der Waals surface area (Å²) in [5, 5.41) is 39.8. The largest absolute Gasteiger partial charge is 0.508 e. The van der Waals surface area contributed by atoms with Crippen molar-refractivity contribution in [3.8, 4) is 11.5 Å². The average Bonchev–Trinajstić information content (AvgIpc) is 3.94. The Labute approximate surface area is 429 Å². The first-order valence-corrected chi connectivity index (χ1v) is 24.5. The molecule has 3 amide bonds. The normalized spacial score (nSPS) is 13.3. The van der Waals surface area contributed by atoms with Gasteiger partial charge >= 0.3 is 0 Å². The van der Waals surface area contributed by atoms with Crippen LogP contribution in [0.1, 0.15) is 113 Å². The second-order valence-corrected chi connectivity index (χ2v) is 18.7. The second-order valence-electron chi connectivity index (χ2n) is 18.7. The molecule has 1 aliphatic carbocycles. The van der Waals surface area contributed by atoms with Gasteiger partial charge in [-0.2, -0.15) is 0 Å². The fourth-order valence-electron chi connectivity index (χ4n) is 9.24. The Morgan fingerprint density at radius 1 is 0.541 bits per heavy atom. The number of carbonyl (C=O) groups excluding carboxylic acids is 4. The van der Waals surface area contributed by atoms with Crippen molar-refractivity contribution < 1.29 is 47.7 Å². The molecule has 0 saturated carbocycles. The fraction of sp³-hybridized carbons (Fsp3) is 0.233. The van der Waals surface area contributed by atoms with Crippen LogP contribution in [-0.2, 0) is 17.9 Å². The predicted octanol–water partition coefficient (Wildman–Crippen LogP) is 12.6. The van der Waals surface area contributed by atoms with Gasteiger partial charge in [-0.1, -0.05) is 72.5 Å². The van der Waals surface area contributed by atoms with E-state index in [0.717, 1.165) is 46.4 Å². The van der Waals surface area contributed by atoms with E-state index in [1.807, 2.05) is 93.6 Å². The summed E-state index contributed by atoms with van der Waals surface area (Å²) in [5.41, 5.74) is 9.54. The third kappa shape index (κ3) is 11.4. The number of aliphatic hydroxyl groups is 1. The van der Waals surface area contributed by atoms with Crippen molar-refractivity contribution in [2.24, 2.45) is 0 Å². The van der Waals surface area contributed by atoms with Crippen LogP contribution in [0.5, 0.6) is 11.5 Å². The maximum Gasteiger partial charge on any atom is 0.259 e. The summed E-state index contributed by atoms with van der Waals surface area (Å²) < 4.78 is 17.1. The zero-order valence-electron chi connectivity index (χ0n) is 42.4. The molecule has 1 fully saturated rings. The summed E-state index contributed by atoms with van der Waals surface area (Å²) in [6.07, 6.45) is 7.81. The summed E-state index contributed by atoms with van der Waals surface area (Å²) in [7, 11) is 0. The highest BCUT2D eigenvalue weighted by molar-refractivity contribution is 6.31. The first-order chi connectivity index (χ1) is 35.5. The van der Waals surface area contributed by atoms with Gasteiger partial charge in [0.1, 0.15) is 45.7 Å². The van der Waals surface area contributed by atoms with Crippen LogP contribution in [0.3, 0.4) is 0 Å². The standard InChI is InChI=1S/C24H28N2O3.C18H17NO4.C18H15NO3/c1-16-7-9-18(10-8-16)25-24(28)22-17(2)29-21-12-11-20(27)19(23(21)22)15-26-13-5-3-4-6-14-26;1-10-3-5-12(6-4-10)19-18(22)16-11(2)23-15-8-7-14(21)13(9-20)17(15)16;1-10-4-6-13(7-5-10)19-18(21)17-12(3)22-15-9-8-14(20)11(2)16(15)17/h7-12,27H,3-6,13-15H2,1-2H3,(H,25,28);3-8,20-21H,9H2,1-2H3,(H,19,22);4-9H,2H2,1,3H3,(H,19,21). The van der Waals surface area contributed by atoms with Crippen molar-refractivity contribution in [3.05, 3.63) is 183 Å². The number of benzene rings is 5. The van der Waals surface area contributed by atoms with E-state index in [2.05, 4.69) is 27.4 Å². The smallest absolute Gasteiger partial charge is 0.259 e. The van der Waals surface area contributed by atoms with E-state index < -0.39 is 0 Å². The van der Waals surface area contributed by atoms with E-state index in [1.54, 1.807) is 45.0 Å². The molecule has 4 heterocycles. The third-order valence-electron chi connectivity index (χ3n) is 13.2. The Balaban J connectivity index is 0.000000150. The van der Waals surface area contributed by atoms with Gasteiger partial charge in [0.25, 0.3) is 17.7 Å². The Kier molecular flexibility index (Phi) is 15.8. The van der Waals surface area contributed by atoms with Crippen LogP contribution in [0.2, 0.25) is 0 Å². The highest BCUT2D eigenvalue weighted by atomic mass is 16.3. The van der Waals surface area contributed by atoms with E-state index in [1.165, 1.54) is 37.8 Å². The number of hydrogen-bond donors (Lipinski definition) is 6. The SMILES string of the molecule is C=C1C(=O)C=Cc2oc(C)c(C(=O)Nc3ccc(C)cc3)c21.Cc1ccc(NC(=O)c2c(C)oc3ccc(O)c(CN4CCCCCC4)c23)cc1.Cc1ccc(NC(=O)c2c(C)oc3ccc(O)c(CO)c23)cc1. The van der Waals surface area contributed by atoms with Crippen LogP contribution in [0.4, 0.5) is 17.1 Å². The number of aryl methyl sites for hydroxylation is 6. The quantitative estimate of drug-likeness (QED) is 0.0750. The molecule has 0 unspecified atom stereocenters. The van der Waals surface area contributed by atoms with Crippen LogP contribution >= 0.6 is 0 Å². The lowest BCUT2D eigenvalue weighted by molar-refractivity contribution is -0.109. The first-order valence-electron chi connectivity index (χ1n) is 24.5. The number of carbonyl (C=O) groups is 4. The molecule has 3 aromatic heterocycles. The van der Waals surface area contributed by atoms with Gasteiger partial charge in [0, 0.05) is 56.6 Å². The topological polar surface area (TPSA) is 208 Å². The number of nitrogens with zero attached hydrogens (tertiary/aromatic N) is 1. The van der Waals surface area contributed by atoms with Crippen molar-refractivity contribution in [2.45, 2.75) is 80.4 Å². The van der Waals surface area contributed by atoms with Crippen molar-refractivity contribution in [1.82, 2.24) is 4.90 Å². The van der Waals surface area contributed by atoms with Crippen molar-refractivity contribution in [2.75, 3.05) is 29.0 Å². The number of nitrogens with one attached hydrogen (secondary N) is 3. The molecular formula is C60H60N4O10. The molecule has 8 aromatic rings. The molecule has 74 heavy (non-hydrogen) atoms. The van der Waals surface area contributed by atoms with Crippen LogP contribution in [0.25, 0.3) is 33.6 Å². The van der Waals surface area contributed by atoms with Gasteiger partial charge in [0.2, 0.25) is 0 Å². The average molecular weight is 997 g/mol. The van der Waals surface area contributed by atoms with E-state index in [0.29, 0.717) is 79.8 Å². The van der Waals surface area contributed by atoms with Crippen molar-refractivity contribution in [1.29, 1.82) is 0 Å². The van der Waals surface area contributed by atoms with Gasteiger partial charge in [0.15, 0.2) is 5.78 Å². The predicted molar refractivity (Wildman–Crippen MR) is 289 cm³/mol. The molecule has 5 aromatic carbocycles. The van der Waals surface area contributed by atoms with Crippen molar-refractivity contribution in [3.63, 3.8) is 0 Å². The van der Waals surface area contributed by atoms with Gasteiger partial charge in [-0.05, 0) is 140 Å². The number of aromatic hydroxyl groups is 2. The Morgan fingerprint density at radius 3 is 1.39 bits per heavy atom. The number of fused-ring (bicyclic) bond motifs is 3. The highest BCUT2D eigenvalue weighted by Gasteiger charge is 2.29. The molecule has 1 saturated heterocycles. The Morgan fingerprint density at radius 2 is 0.946 bits per heavy atom. The van der Waals surface area contributed by atoms with E-state index in [4.69, 9.17) is 13.3 Å². The zero-order chi connectivity index (χ0) is 52.8. The molecule has 0 radical (unpaired) electrons. The molecule has 6 N–H and O–H groups in total. The maximum absolute atomic E-state index is 13.1. The number of anilines is 3. The van der Waals surface area contributed by atoms with Crippen LogP contribution in [0, 0.1) is 41.5 Å². The van der Waals surface area contributed by atoms with Crippen LogP contribution in [-0.4, -0.2) is 56.8 Å². The van der Waals surface area contributed by atoms with Crippen LogP contribution < -0.4 is 16.0 Å². The number of furan rings is 3. The second kappa shape index (κ2) is 22.5. The fourth-order valence-corrected chi connectivity index (χ4v) is 9.24. The van der Waals surface area contributed by atoms with E-state index >= 15 is 0 Å². The third-order valence-corrected chi connectivity index (χ3v) is 13.2. The summed E-state index contributed by atoms with van der Waals surface area (Å²) in [5.74, 6) is 1.03. The molecule has 380 valence electrons. The van der Waals surface area contributed by atoms with Gasteiger partial charge in [-0.25, -0.2) is 0 Å². The van der Waals surface area contributed by atoms with E-state index in [-0.39, 0.29) is 52.7 Å². The van der Waals surface area contributed by atoms with Gasteiger partial charge in [-0.15, -0.1) is 0 Å². The lowest BCUT2D eigenvalue weighted by Crippen LogP contribution is -2.24. The number of hydrogen-bond acceptors (Lipinski definition) is 11. The summed E-state index contributed by atoms with van der Waals surface area (Å²) in [4.78, 5) is 52.5. The number of aliphatic hydroxyl groups excluding tert-OH is 1. The minimum absolute atomic E-state index is 0.0646. The molecule has 14 heteroatoms. The lowest BCUT2D eigenvalue weighted by atomic mass is 9.93. The van der Waals surface area contributed by atoms with Gasteiger partial charge < -0.3 is 44.5 Å². The summed E-state index contributed by atoms with van der Waals surface area (Å²) >= 11 is 0. The van der Waals surface area contributed by atoms with Crippen LogP contribution in [0.15, 0.2) is 123 Å². The molecule has 1 aliphatic heterocycles. The molecule has 0 spiro atoms. The number of amides is 3. The number of likely N-dealkylation sites (tertiary alicyclic amines) is 1.